The van der Waals surface area contributed by atoms with Crippen molar-refractivity contribution in [3.05, 3.63) is 47.8 Å². The molecule has 0 spiro atoms. The molecule has 2 heteroatoms. The molecule has 0 saturated heterocycles. The summed E-state index contributed by atoms with van der Waals surface area (Å²) < 4.78 is 0. The Bertz CT molecular complexity index is 277. The average Bonchev–Trinajstić information content (AvgIpc) is 2.59. The lowest BCUT2D eigenvalue weighted by atomic mass is 10.1. The van der Waals surface area contributed by atoms with E-state index in [1.165, 1.54) is 11.3 Å². The quantitative estimate of drug-likeness (QED) is 0.679. The number of rotatable bonds is 2. The van der Waals surface area contributed by atoms with Crippen LogP contribution in [0, 0.1) is 0 Å². The van der Waals surface area contributed by atoms with Crippen molar-refractivity contribution < 1.29 is 0 Å². The van der Waals surface area contributed by atoms with Crippen molar-refractivity contribution in [2.24, 2.45) is 0 Å². The fourth-order valence-electron chi connectivity index (χ4n) is 1.32. The maximum atomic E-state index is 3.26. The van der Waals surface area contributed by atoms with Crippen molar-refractivity contribution in [3.8, 4) is 0 Å². The van der Waals surface area contributed by atoms with Crippen LogP contribution in [0.1, 0.15) is 5.56 Å². The minimum Gasteiger partial charge on any atom is -0.372 e. The summed E-state index contributed by atoms with van der Waals surface area (Å²) in [4.78, 5) is 0. The molecule has 12 heavy (non-hydrogen) atoms. The highest BCUT2D eigenvalue weighted by atomic mass is 15.1. The molecular weight excluding hydrogens is 148 g/mol. The summed E-state index contributed by atoms with van der Waals surface area (Å²) >= 11 is 0. The Balaban J connectivity index is 2.04. The third kappa shape index (κ3) is 1.59. The molecule has 0 atom stereocenters. The van der Waals surface area contributed by atoms with Gasteiger partial charge in [-0.1, -0.05) is 30.3 Å². The second kappa shape index (κ2) is 3.30. The normalized spacial score (nSPS) is 14.8. The van der Waals surface area contributed by atoms with Gasteiger partial charge >= 0.3 is 0 Å². The van der Waals surface area contributed by atoms with Gasteiger partial charge in [0.2, 0.25) is 0 Å². The van der Waals surface area contributed by atoms with Crippen LogP contribution in [-0.2, 0) is 6.42 Å². The predicted octanol–water partition coefficient (Wildman–Crippen LogP) is 1.22. The third-order valence-electron chi connectivity index (χ3n) is 1.93. The molecule has 0 amide bonds. The minimum absolute atomic E-state index is 0.863. The molecule has 2 rings (SSSR count). The summed E-state index contributed by atoms with van der Waals surface area (Å²) in [7, 11) is 0. The molecule has 2 nitrogen and oxygen atoms in total. The van der Waals surface area contributed by atoms with E-state index in [-0.39, 0.29) is 0 Å². The largest absolute Gasteiger partial charge is 0.372 e. The van der Waals surface area contributed by atoms with Gasteiger partial charge in [-0.15, -0.1) is 0 Å². The van der Waals surface area contributed by atoms with Crippen LogP contribution in [0.4, 0.5) is 0 Å². The first-order chi connectivity index (χ1) is 5.95. The van der Waals surface area contributed by atoms with E-state index in [2.05, 4.69) is 34.9 Å². The van der Waals surface area contributed by atoms with Gasteiger partial charge in [0.15, 0.2) is 0 Å². The Morgan fingerprint density at radius 3 is 2.67 bits per heavy atom. The summed E-state index contributed by atoms with van der Waals surface area (Å²) in [5.74, 6) is 0. The zero-order valence-corrected chi connectivity index (χ0v) is 6.88. The molecule has 0 bridgehead atoms. The lowest BCUT2D eigenvalue weighted by molar-refractivity contribution is 0.797. The second-order valence-electron chi connectivity index (χ2n) is 2.89. The van der Waals surface area contributed by atoms with E-state index in [9.17, 15) is 0 Å². The maximum Gasteiger partial charge on any atom is 0.0843 e. The summed E-state index contributed by atoms with van der Waals surface area (Å²) in [5, 5.41) is 6.37. The molecule has 0 fully saturated rings. The van der Waals surface area contributed by atoms with Crippen LogP contribution in [0.25, 0.3) is 0 Å². The van der Waals surface area contributed by atoms with Gasteiger partial charge in [0.05, 0.1) is 6.67 Å². The molecule has 0 aliphatic carbocycles. The van der Waals surface area contributed by atoms with Crippen molar-refractivity contribution in [1.82, 2.24) is 10.6 Å². The van der Waals surface area contributed by atoms with E-state index in [1.807, 2.05) is 12.3 Å². The van der Waals surface area contributed by atoms with E-state index < -0.39 is 0 Å². The maximum absolute atomic E-state index is 3.26. The lowest BCUT2D eigenvalue weighted by Gasteiger charge is -2.01. The first-order valence-electron chi connectivity index (χ1n) is 4.15. The Kier molecular flexibility index (Phi) is 1.99. The van der Waals surface area contributed by atoms with Crippen LogP contribution in [0.3, 0.4) is 0 Å². The SMILES string of the molecule is C1=C(Cc2ccccc2)NCN1. The summed E-state index contributed by atoms with van der Waals surface area (Å²) in [6, 6.07) is 10.5. The van der Waals surface area contributed by atoms with Crippen LogP contribution < -0.4 is 10.6 Å². The van der Waals surface area contributed by atoms with E-state index >= 15 is 0 Å². The summed E-state index contributed by atoms with van der Waals surface area (Å²) in [5.41, 5.74) is 2.61. The lowest BCUT2D eigenvalue weighted by Crippen LogP contribution is -2.15. The molecule has 1 aliphatic rings. The van der Waals surface area contributed by atoms with Gasteiger partial charge in [-0.2, -0.15) is 0 Å². The van der Waals surface area contributed by atoms with Gasteiger partial charge < -0.3 is 10.6 Å². The molecule has 1 heterocycles. The number of nitrogens with one attached hydrogen (secondary N) is 2. The van der Waals surface area contributed by atoms with E-state index in [0.717, 1.165) is 13.1 Å². The molecule has 2 N–H and O–H groups in total. The van der Waals surface area contributed by atoms with Gasteiger partial charge in [-0.05, 0) is 5.56 Å². The molecule has 0 unspecified atom stereocenters. The van der Waals surface area contributed by atoms with Crippen molar-refractivity contribution in [1.29, 1.82) is 0 Å². The molecule has 1 aliphatic heterocycles. The molecule has 0 aromatic heterocycles. The third-order valence-corrected chi connectivity index (χ3v) is 1.93. The van der Waals surface area contributed by atoms with Crippen molar-refractivity contribution in [3.63, 3.8) is 0 Å². The molecule has 1 aromatic rings. The number of allylic oxidation sites excluding steroid dienone is 1. The van der Waals surface area contributed by atoms with Crippen molar-refractivity contribution in [2.45, 2.75) is 6.42 Å². The van der Waals surface area contributed by atoms with Gasteiger partial charge in [0.1, 0.15) is 0 Å². The molecule has 62 valence electrons. The van der Waals surface area contributed by atoms with Crippen molar-refractivity contribution >= 4 is 0 Å². The standard InChI is InChI=1S/C10H12N2/c1-2-4-9(5-3-1)6-10-7-11-8-12-10/h1-5,7,11-12H,6,8H2. The highest BCUT2D eigenvalue weighted by Crippen LogP contribution is 2.05. The smallest absolute Gasteiger partial charge is 0.0843 e. The van der Waals surface area contributed by atoms with E-state index in [1.54, 1.807) is 0 Å². The number of hydrogen-bond donors (Lipinski definition) is 2. The summed E-state index contributed by atoms with van der Waals surface area (Å²) in [6.45, 7) is 0.863. The Labute approximate surface area is 72.3 Å². The fourth-order valence-corrected chi connectivity index (χ4v) is 1.32. The van der Waals surface area contributed by atoms with Gasteiger partial charge in [-0.25, -0.2) is 0 Å². The van der Waals surface area contributed by atoms with Crippen LogP contribution in [0.5, 0.6) is 0 Å². The highest BCUT2D eigenvalue weighted by Gasteiger charge is 2.01. The molecule has 0 saturated carbocycles. The number of hydrogen-bond acceptors (Lipinski definition) is 2. The van der Waals surface area contributed by atoms with Gasteiger partial charge in [-0.3, -0.25) is 0 Å². The predicted molar refractivity (Wildman–Crippen MR) is 49.4 cm³/mol. The van der Waals surface area contributed by atoms with Crippen LogP contribution in [0.2, 0.25) is 0 Å². The van der Waals surface area contributed by atoms with Crippen LogP contribution in [0.15, 0.2) is 42.2 Å². The zero-order valence-electron chi connectivity index (χ0n) is 6.88. The van der Waals surface area contributed by atoms with Crippen LogP contribution in [-0.4, -0.2) is 6.67 Å². The number of benzene rings is 1. The molecular formula is C10H12N2. The first kappa shape index (κ1) is 7.22. The Morgan fingerprint density at radius 1 is 1.17 bits per heavy atom. The van der Waals surface area contributed by atoms with Crippen LogP contribution >= 0.6 is 0 Å². The average molecular weight is 160 g/mol. The Hall–Kier alpha value is -1.44. The van der Waals surface area contributed by atoms with E-state index in [4.69, 9.17) is 0 Å². The summed E-state index contributed by atoms with van der Waals surface area (Å²) in [6.07, 6.45) is 3.03. The second-order valence-corrected chi connectivity index (χ2v) is 2.89. The molecule has 1 aromatic carbocycles. The zero-order chi connectivity index (χ0) is 8.23. The van der Waals surface area contributed by atoms with Gasteiger partial charge in [0.25, 0.3) is 0 Å². The monoisotopic (exact) mass is 160 g/mol. The fraction of sp³-hybridized carbons (Fsp3) is 0.200. The van der Waals surface area contributed by atoms with E-state index in [0.29, 0.717) is 0 Å². The first-order valence-corrected chi connectivity index (χ1v) is 4.15. The topological polar surface area (TPSA) is 24.1 Å². The van der Waals surface area contributed by atoms with Gasteiger partial charge in [0, 0.05) is 18.3 Å². The minimum atomic E-state index is 0.863. The van der Waals surface area contributed by atoms with Crippen molar-refractivity contribution in [2.75, 3.05) is 6.67 Å². The highest BCUT2D eigenvalue weighted by molar-refractivity contribution is 5.21. The Morgan fingerprint density at radius 2 is 2.00 bits per heavy atom. The molecule has 0 radical (unpaired) electrons.